The van der Waals surface area contributed by atoms with Crippen LogP contribution in [0.2, 0.25) is 0 Å². The molecule has 0 aliphatic heterocycles. The molecule has 2 aromatic rings. The van der Waals surface area contributed by atoms with E-state index in [4.69, 9.17) is 9.15 Å². The molecule has 90 valence electrons. The van der Waals surface area contributed by atoms with Crippen molar-refractivity contribution >= 4 is 5.69 Å². The number of nitrogens with one attached hydrogen (secondary N) is 1. The smallest absolute Gasteiger partial charge is 0.146 e. The molecule has 0 radical (unpaired) electrons. The molecular formula is C13H14FNO2. The van der Waals surface area contributed by atoms with Gasteiger partial charge in [0.2, 0.25) is 0 Å². The van der Waals surface area contributed by atoms with Crippen molar-refractivity contribution in [3.8, 4) is 5.75 Å². The Morgan fingerprint density at radius 2 is 2.18 bits per heavy atom. The van der Waals surface area contributed by atoms with Crippen LogP contribution in [0.5, 0.6) is 5.75 Å². The second-order valence-corrected chi connectivity index (χ2v) is 3.77. The number of halogens is 1. The quantitative estimate of drug-likeness (QED) is 0.879. The van der Waals surface area contributed by atoms with E-state index in [1.165, 1.54) is 6.07 Å². The van der Waals surface area contributed by atoms with Crippen molar-refractivity contribution in [1.29, 1.82) is 0 Å². The van der Waals surface area contributed by atoms with Crippen LogP contribution in [0.4, 0.5) is 10.1 Å². The summed E-state index contributed by atoms with van der Waals surface area (Å²) < 4.78 is 23.6. The van der Waals surface area contributed by atoms with Crippen molar-refractivity contribution in [2.75, 3.05) is 12.4 Å². The van der Waals surface area contributed by atoms with E-state index in [2.05, 4.69) is 5.32 Å². The molecule has 0 aliphatic rings. The summed E-state index contributed by atoms with van der Waals surface area (Å²) in [6, 6.07) is 6.41. The summed E-state index contributed by atoms with van der Waals surface area (Å²) in [7, 11) is 1.55. The van der Waals surface area contributed by atoms with Crippen LogP contribution in [0.15, 0.2) is 41.2 Å². The van der Waals surface area contributed by atoms with E-state index in [0.717, 1.165) is 5.56 Å². The number of hydrogen-bond donors (Lipinski definition) is 1. The number of rotatable bonds is 4. The number of hydrogen-bond acceptors (Lipinski definition) is 3. The van der Waals surface area contributed by atoms with Gasteiger partial charge in [-0.15, -0.1) is 0 Å². The molecule has 3 nitrogen and oxygen atoms in total. The van der Waals surface area contributed by atoms with Gasteiger partial charge in [-0.3, -0.25) is 0 Å². The van der Waals surface area contributed by atoms with Gasteiger partial charge >= 0.3 is 0 Å². The van der Waals surface area contributed by atoms with Gasteiger partial charge in [0.15, 0.2) is 0 Å². The van der Waals surface area contributed by atoms with Crippen molar-refractivity contribution in [2.24, 2.45) is 0 Å². The fourth-order valence-electron chi connectivity index (χ4n) is 1.58. The normalized spacial score (nSPS) is 12.2. The lowest BCUT2D eigenvalue weighted by molar-refractivity contribution is 0.414. The van der Waals surface area contributed by atoms with Crippen LogP contribution in [0.3, 0.4) is 0 Å². The summed E-state index contributed by atoms with van der Waals surface area (Å²) in [5.74, 6) is 0.314. The topological polar surface area (TPSA) is 34.4 Å². The van der Waals surface area contributed by atoms with Gasteiger partial charge in [-0.1, -0.05) is 0 Å². The predicted octanol–water partition coefficient (Wildman–Crippen LogP) is 3.60. The third-order valence-electron chi connectivity index (χ3n) is 2.59. The molecule has 0 amide bonds. The van der Waals surface area contributed by atoms with E-state index in [-0.39, 0.29) is 11.9 Å². The van der Waals surface area contributed by atoms with Crippen molar-refractivity contribution in [3.63, 3.8) is 0 Å². The van der Waals surface area contributed by atoms with Gasteiger partial charge in [0, 0.05) is 11.6 Å². The second-order valence-electron chi connectivity index (χ2n) is 3.77. The van der Waals surface area contributed by atoms with Gasteiger partial charge in [-0.25, -0.2) is 4.39 Å². The molecule has 0 bridgehead atoms. The highest BCUT2D eigenvalue weighted by Gasteiger charge is 2.10. The third-order valence-corrected chi connectivity index (χ3v) is 2.59. The molecule has 1 heterocycles. The van der Waals surface area contributed by atoms with Crippen LogP contribution in [-0.4, -0.2) is 7.11 Å². The zero-order chi connectivity index (χ0) is 12.3. The Hall–Kier alpha value is -1.97. The maximum Gasteiger partial charge on any atom is 0.146 e. The Labute approximate surface area is 99.2 Å². The van der Waals surface area contributed by atoms with Gasteiger partial charge in [-0.2, -0.15) is 0 Å². The molecule has 0 fully saturated rings. The highest BCUT2D eigenvalue weighted by atomic mass is 19.1. The standard InChI is InChI=1S/C13H14FNO2/c1-9(10-5-6-17-8-10)15-13-7-11(16-2)3-4-12(13)14/h3-9,15H,1-2H3. The first kappa shape index (κ1) is 11.5. The molecule has 1 unspecified atom stereocenters. The number of anilines is 1. The molecule has 1 N–H and O–H groups in total. The minimum Gasteiger partial charge on any atom is -0.497 e. The van der Waals surface area contributed by atoms with Crippen LogP contribution >= 0.6 is 0 Å². The van der Waals surface area contributed by atoms with Gasteiger partial charge in [0.1, 0.15) is 11.6 Å². The maximum atomic E-state index is 13.6. The van der Waals surface area contributed by atoms with Gasteiger partial charge in [-0.05, 0) is 25.1 Å². The first-order valence-electron chi connectivity index (χ1n) is 5.33. The highest BCUT2D eigenvalue weighted by molar-refractivity contribution is 5.51. The molecule has 4 heteroatoms. The molecule has 0 saturated carbocycles. The number of benzene rings is 1. The number of methoxy groups -OCH3 is 1. The van der Waals surface area contributed by atoms with Crippen LogP contribution in [0, 0.1) is 5.82 Å². The predicted molar refractivity (Wildman–Crippen MR) is 63.7 cm³/mol. The molecule has 0 aliphatic carbocycles. The average Bonchev–Trinajstić information content (AvgIpc) is 2.85. The van der Waals surface area contributed by atoms with Gasteiger partial charge in [0.05, 0.1) is 31.4 Å². The lowest BCUT2D eigenvalue weighted by atomic mass is 10.1. The Balaban J connectivity index is 2.18. The van der Waals surface area contributed by atoms with Crippen molar-refractivity contribution in [3.05, 3.63) is 48.2 Å². The molecule has 1 atom stereocenters. The molecule has 17 heavy (non-hydrogen) atoms. The second kappa shape index (κ2) is 4.91. The van der Waals surface area contributed by atoms with Crippen molar-refractivity contribution in [1.82, 2.24) is 0 Å². The summed E-state index contributed by atoms with van der Waals surface area (Å²) in [5.41, 5.74) is 1.38. The summed E-state index contributed by atoms with van der Waals surface area (Å²) in [6.45, 7) is 1.93. The van der Waals surface area contributed by atoms with Gasteiger partial charge < -0.3 is 14.5 Å². The summed E-state index contributed by atoms with van der Waals surface area (Å²) >= 11 is 0. The lowest BCUT2D eigenvalue weighted by Crippen LogP contribution is -2.07. The monoisotopic (exact) mass is 235 g/mol. The first-order chi connectivity index (χ1) is 8.20. The Morgan fingerprint density at radius 3 is 2.82 bits per heavy atom. The van der Waals surface area contributed by atoms with E-state index < -0.39 is 0 Å². The van der Waals surface area contributed by atoms with E-state index >= 15 is 0 Å². The van der Waals surface area contributed by atoms with E-state index in [0.29, 0.717) is 11.4 Å². The molecule has 1 aromatic heterocycles. The minimum atomic E-state index is -0.304. The molecular weight excluding hydrogens is 221 g/mol. The Bertz CT molecular complexity index is 482. The van der Waals surface area contributed by atoms with Crippen LogP contribution in [0.1, 0.15) is 18.5 Å². The van der Waals surface area contributed by atoms with E-state index in [1.54, 1.807) is 31.8 Å². The van der Waals surface area contributed by atoms with Crippen LogP contribution in [0.25, 0.3) is 0 Å². The molecule has 0 saturated heterocycles. The number of ether oxygens (including phenoxy) is 1. The summed E-state index contributed by atoms with van der Waals surface area (Å²) in [5, 5.41) is 3.07. The Kier molecular flexibility index (Phi) is 3.32. The van der Waals surface area contributed by atoms with Crippen molar-refractivity contribution in [2.45, 2.75) is 13.0 Å². The van der Waals surface area contributed by atoms with E-state index in [9.17, 15) is 4.39 Å². The first-order valence-corrected chi connectivity index (χ1v) is 5.33. The highest BCUT2D eigenvalue weighted by Crippen LogP contribution is 2.25. The fraction of sp³-hybridized carbons (Fsp3) is 0.231. The van der Waals surface area contributed by atoms with Crippen LogP contribution in [-0.2, 0) is 0 Å². The maximum absolute atomic E-state index is 13.6. The van der Waals surface area contributed by atoms with Crippen LogP contribution < -0.4 is 10.1 Å². The van der Waals surface area contributed by atoms with Crippen molar-refractivity contribution < 1.29 is 13.5 Å². The molecule has 2 rings (SSSR count). The minimum absolute atomic E-state index is 0.0321. The zero-order valence-electron chi connectivity index (χ0n) is 9.74. The average molecular weight is 235 g/mol. The summed E-state index contributed by atoms with van der Waals surface area (Å²) in [6.07, 6.45) is 3.23. The molecule has 0 spiro atoms. The summed E-state index contributed by atoms with van der Waals surface area (Å²) in [4.78, 5) is 0. The lowest BCUT2D eigenvalue weighted by Gasteiger charge is -2.15. The number of furan rings is 1. The fourth-order valence-corrected chi connectivity index (χ4v) is 1.58. The Morgan fingerprint density at radius 1 is 1.35 bits per heavy atom. The molecule has 1 aromatic carbocycles. The van der Waals surface area contributed by atoms with E-state index in [1.807, 2.05) is 13.0 Å². The SMILES string of the molecule is COc1ccc(F)c(NC(C)c2ccoc2)c1. The third kappa shape index (κ3) is 2.58. The zero-order valence-corrected chi connectivity index (χ0v) is 9.74. The largest absolute Gasteiger partial charge is 0.497 e. The van der Waals surface area contributed by atoms with Gasteiger partial charge in [0.25, 0.3) is 0 Å².